The van der Waals surface area contributed by atoms with Gasteiger partial charge in [0.1, 0.15) is 0 Å². The van der Waals surface area contributed by atoms with Crippen LogP contribution < -0.4 is 0 Å². The number of pyridine rings is 1. The fraction of sp³-hybridized carbons (Fsp3) is 0.0769. The number of rotatable bonds is 5. The van der Waals surface area contributed by atoms with Gasteiger partial charge in [0.05, 0.1) is 23.3 Å². The van der Waals surface area contributed by atoms with E-state index in [9.17, 15) is 14.4 Å². The second kappa shape index (κ2) is 5.26. The van der Waals surface area contributed by atoms with Gasteiger partial charge in [-0.1, -0.05) is 18.2 Å². The van der Waals surface area contributed by atoms with Crippen molar-refractivity contribution >= 4 is 29.7 Å². The van der Waals surface area contributed by atoms with E-state index < -0.39 is 5.97 Å². The zero-order valence-corrected chi connectivity index (χ0v) is 9.81. The van der Waals surface area contributed by atoms with Crippen LogP contribution in [0.15, 0.2) is 30.3 Å². The standard InChI is InChI=1S/C13H10N2O4/c16-7-15(8-17)6-10-5-4-9-2-1-3-11(13(18)19)12(9)14-10/h1-5,7-8H,6H2,(H,18,19). The van der Waals surface area contributed by atoms with Crippen molar-refractivity contribution in [3.8, 4) is 0 Å². The Balaban J connectivity index is 2.49. The van der Waals surface area contributed by atoms with Gasteiger partial charge in [-0.05, 0) is 12.1 Å². The summed E-state index contributed by atoms with van der Waals surface area (Å²) in [5, 5.41) is 9.77. The van der Waals surface area contributed by atoms with E-state index in [1.54, 1.807) is 24.3 Å². The fourth-order valence-electron chi connectivity index (χ4n) is 1.73. The molecular weight excluding hydrogens is 248 g/mol. The van der Waals surface area contributed by atoms with Crippen LogP contribution in [-0.2, 0) is 16.1 Å². The normalized spacial score (nSPS) is 10.1. The third-order valence-electron chi connectivity index (χ3n) is 2.62. The third kappa shape index (κ3) is 2.57. The Morgan fingerprint density at radius 2 is 1.95 bits per heavy atom. The predicted molar refractivity (Wildman–Crippen MR) is 66.4 cm³/mol. The molecule has 0 saturated heterocycles. The van der Waals surface area contributed by atoms with Gasteiger partial charge in [-0.3, -0.25) is 19.5 Å². The highest BCUT2D eigenvalue weighted by atomic mass is 16.4. The number of imide groups is 1. The lowest BCUT2D eigenvalue weighted by molar-refractivity contribution is -0.129. The van der Waals surface area contributed by atoms with Gasteiger partial charge in [0.2, 0.25) is 12.8 Å². The Hall–Kier alpha value is -2.76. The van der Waals surface area contributed by atoms with Gasteiger partial charge < -0.3 is 5.11 Å². The molecule has 2 rings (SSSR count). The molecule has 2 amide bonds. The van der Waals surface area contributed by atoms with Crippen molar-refractivity contribution in [2.75, 3.05) is 0 Å². The minimum Gasteiger partial charge on any atom is -0.478 e. The molecule has 0 unspecified atom stereocenters. The number of amides is 2. The van der Waals surface area contributed by atoms with E-state index >= 15 is 0 Å². The average Bonchev–Trinajstić information content (AvgIpc) is 2.43. The van der Waals surface area contributed by atoms with Crippen molar-refractivity contribution in [1.82, 2.24) is 9.88 Å². The number of aromatic carboxylic acids is 1. The number of carboxylic acid groups (broad SMARTS) is 1. The number of hydrogen-bond acceptors (Lipinski definition) is 4. The van der Waals surface area contributed by atoms with Crippen LogP contribution in [0.4, 0.5) is 0 Å². The number of hydrogen-bond donors (Lipinski definition) is 1. The quantitative estimate of drug-likeness (QED) is 0.810. The number of para-hydroxylation sites is 1. The fourth-order valence-corrected chi connectivity index (χ4v) is 1.73. The first kappa shape index (κ1) is 12.7. The molecule has 0 radical (unpaired) electrons. The number of aromatic nitrogens is 1. The number of nitrogens with zero attached hydrogens (tertiary/aromatic N) is 2. The van der Waals surface area contributed by atoms with Crippen LogP contribution in [0, 0.1) is 0 Å². The largest absolute Gasteiger partial charge is 0.478 e. The molecule has 0 bridgehead atoms. The summed E-state index contributed by atoms with van der Waals surface area (Å²) in [6, 6.07) is 8.19. The molecule has 0 aliphatic heterocycles. The van der Waals surface area contributed by atoms with E-state index in [1.165, 1.54) is 6.07 Å². The smallest absolute Gasteiger partial charge is 0.337 e. The highest BCUT2D eigenvalue weighted by Crippen LogP contribution is 2.17. The van der Waals surface area contributed by atoms with Gasteiger partial charge in [-0.2, -0.15) is 0 Å². The molecule has 6 heteroatoms. The van der Waals surface area contributed by atoms with Crippen molar-refractivity contribution in [2.24, 2.45) is 0 Å². The maximum atomic E-state index is 11.1. The van der Waals surface area contributed by atoms with Gasteiger partial charge in [0, 0.05) is 5.39 Å². The molecule has 0 atom stereocenters. The summed E-state index contributed by atoms with van der Waals surface area (Å²) in [7, 11) is 0. The molecule has 0 saturated carbocycles. The number of benzene rings is 1. The van der Waals surface area contributed by atoms with Gasteiger partial charge in [-0.25, -0.2) is 4.79 Å². The monoisotopic (exact) mass is 258 g/mol. The Bertz CT molecular complexity index is 646. The van der Waals surface area contributed by atoms with Crippen molar-refractivity contribution in [1.29, 1.82) is 0 Å². The van der Waals surface area contributed by atoms with E-state index in [0.29, 0.717) is 29.4 Å². The maximum Gasteiger partial charge on any atom is 0.337 e. The third-order valence-corrected chi connectivity index (χ3v) is 2.62. The Morgan fingerprint density at radius 3 is 2.58 bits per heavy atom. The molecule has 0 spiro atoms. The van der Waals surface area contributed by atoms with Crippen LogP contribution in [0.1, 0.15) is 16.1 Å². The van der Waals surface area contributed by atoms with E-state index in [2.05, 4.69) is 4.98 Å². The molecule has 2 aromatic rings. The van der Waals surface area contributed by atoms with E-state index in [-0.39, 0.29) is 12.1 Å². The molecule has 1 N–H and O–H groups in total. The van der Waals surface area contributed by atoms with E-state index in [4.69, 9.17) is 5.11 Å². The molecule has 6 nitrogen and oxygen atoms in total. The Labute approximate surface area is 108 Å². The van der Waals surface area contributed by atoms with Crippen LogP contribution >= 0.6 is 0 Å². The lowest BCUT2D eigenvalue weighted by Gasteiger charge is -2.09. The van der Waals surface area contributed by atoms with Crippen molar-refractivity contribution in [3.63, 3.8) is 0 Å². The predicted octanol–water partition coefficient (Wildman–Crippen LogP) is 1.05. The summed E-state index contributed by atoms with van der Waals surface area (Å²) in [4.78, 5) is 37.3. The summed E-state index contributed by atoms with van der Waals surface area (Å²) in [5.74, 6) is -1.07. The SMILES string of the molecule is O=CN(C=O)Cc1ccc2cccc(C(=O)O)c2n1. The first-order valence-electron chi connectivity index (χ1n) is 5.44. The molecule has 1 heterocycles. The number of carbonyl (C=O) groups excluding carboxylic acids is 2. The van der Waals surface area contributed by atoms with Crippen molar-refractivity contribution in [3.05, 3.63) is 41.6 Å². The minimum atomic E-state index is -1.07. The molecule has 0 aliphatic rings. The Kier molecular flexibility index (Phi) is 3.51. The van der Waals surface area contributed by atoms with Crippen LogP contribution in [0.2, 0.25) is 0 Å². The highest BCUT2D eigenvalue weighted by molar-refractivity contribution is 6.01. The number of fused-ring (bicyclic) bond motifs is 1. The van der Waals surface area contributed by atoms with Crippen molar-refractivity contribution in [2.45, 2.75) is 6.54 Å². The van der Waals surface area contributed by atoms with Gasteiger partial charge in [-0.15, -0.1) is 0 Å². The summed E-state index contributed by atoms with van der Waals surface area (Å²) in [5.41, 5.74) is 0.868. The van der Waals surface area contributed by atoms with Crippen LogP contribution in [-0.4, -0.2) is 33.8 Å². The van der Waals surface area contributed by atoms with Gasteiger partial charge in [0.15, 0.2) is 0 Å². The number of carboxylic acids is 1. The van der Waals surface area contributed by atoms with Crippen LogP contribution in [0.25, 0.3) is 10.9 Å². The van der Waals surface area contributed by atoms with Gasteiger partial charge in [0.25, 0.3) is 0 Å². The molecule has 1 aromatic heterocycles. The van der Waals surface area contributed by atoms with Crippen molar-refractivity contribution < 1.29 is 19.5 Å². The summed E-state index contributed by atoms with van der Waals surface area (Å²) < 4.78 is 0. The Morgan fingerprint density at radius 1 is 1.21 bits per heavy atom. The van der Waals surface area contributed by atoms with Gasteiger partial charge >= 0.3 is 5.97 Å². The lowest BCUT2D eigenvalue weighted by Crippen LogP contribution is -2.19. The zero-order chi connectivity index (χ0) is 13.8. The molecule has 19 heavy (non-hydrogen) atoms. The first-order valence-corrected chi connectivity index (χ1v) is 5.44. The number of carbonyl (C=O) groups is 3. The average molecular weight is 258 g/mol. The zero-order valence-electron chi connectivity index (χ0n) is 9.81. The van der Waals surface area contributed by atoms with Crippen LogP contribution in [0.5, 0.6) is 0 Å². The lowest BCUT2D eigenvalue weighted by atomic mass is 10.1. The highest BCUT2D eigenvalue weighted by Gasteiger charge is 2.11. The maximum absolute atomic E-state index is 11.1. The van der Waals surface area contributed by atoms with E-state index in [1.807, 2.05) is 0 Å². The molecule has 0 aliphatic carbocycles. The second-order valence-electron chi connectivity index (χ2n) is 3.87. The topological polar surface area (TPSA) is 87.6 Å². The molecule has 0 fully saturated rings. The molecule has 96 valence electrons. The molecule has 1 aromatic carbocycles. The van der Waals surface area contributed by atoms with E-state index in [0.717, 1.165) is 4.90 Å². The minimum absolute atomic E-state index is 0.0108. The first-order chi connectivity index (χ1) is 9.15. The summed E-state index contributed by atoms with van der Waals surface area (Å²) >= 11 is 0. The summed E-state index contributed by atoms with van der Waals surface area (Å²) in [6.07, 6.45) is 0.782. The summed E-state index contributed by atoms with van der Waals surface area (Å²) in [6.45, 7) is 0.0108. The molecular formula is C13H10N2O4. The van der Waals surface area contributed by atoms with Crippen LogP contribution in [0.3, 0.4) is 0 Å². The second-order valence-corrected chi connectivity index (χ2v) is 3.87.